The first-order chi connectivity index (χ1) is 11.7. The van der Waals surface area contributed by atoms with Gasteiger partial charge in [0.1, 0.15) is 5.82 Å². The Balaban J connectivity index is 1.72. The summed E-state index contributed by atoms with van der Waals surface area (Å²) in [5.74, 6) is -0.00237. The van der Waals surface area contributed by atoms with Crippen LogP contribution in [0.25, 0.3) is 0 Å². The lowest BCUT2D eigenvalue weighted by molar-refractivity contribution is -0.147. The van der Waals surface area contributed by atoms with Gasteiger partial charge >= 0.3 is 0 Å². The third-order valence-corrected chi connectivity index (χ3v) is 5.39. The standard InChI is InChI=1S/C20H27FN2O2/c1-19(2,3)17(24)23-12-10-20(14-23)9-4-11-22(18(20)25)13-15-5-7-16(21)8-6-15/h5-8H,4,9-14H2,1-3H3/t20-/m1/s1. The maximum Gasteiger partial charge on any atom is 0.230 e. The fourth-order valence-corrected chi connectivity index (χ4v) is 4.01. The minimum atomic E-state index is -0.431. The first-order valence-corrected chi connectivity index (χ1v) is 9.04. The highest BCUT2D eigenvalue weighted by atomic mass is 19.1. The molecule has 2 heterocycles. The minimum absolute atomic E-state index is 0.118. The van der Waals surface area contributed by atoms with Crippen molar-refractivity contribution in [1.82, 2.24) is 9.80 Å². The molecule has 2 amide bonds. The van der Waals surface area contributed by atoms with E-state index in [0.717, 1.165) is 31.4 Å². The summed E-state index contributed by atoms with van der Waals surface area (Å²) >= 11 is 0. The summed E-state index contributed by atoms with van der Waals surface area (Å²) in [5.41, 5.74) is 0.0865. The number of halogens is 1. The lowest BCUT2D eigenvalue weighted by Crippen LogP contribution is -2.50. The largest absolute Gasteiger partial charge is 0.341 e. The molecule has 0 aromatic heterocycles. The third-order valence-electron chi connectivity index (χ3n) is 5.39. The molecule has 5 heteroatoms. The van der Waals surface area contributed by atoms with Crippen LogP contribution >= 0.6 is 0 Å². The third kappa shape index (κ3) is 3.55. The number of amides is 2. The maximum atomic E-state index is 13.2. The van der Waals surface area contributed by atoms with Crippen LogP contribution in [0.2, 0.25) is 0 Å². The molecule has 2 aliphatic heterocycles. The molecule has 0 aliphatic carbocycles. The van der Waals surface area contributed by atoms with Crippen molar-refractivity contribution < 1.29 is 14.0 Å². The Kier molecular flexibility index (Phi) is 4.60. The molecule has 0 unspecified atom stereocenters. The van der Waals surface area contributed by atoms with Crippen LogP contribution in [-0.2, 0) is 16.1 Å². The number of nitrogens with zero attached hydrogens (tertiary/aromatic N) is 2. The van der Waals surface area contributed by atoms with Crippen molar-refractivity contribution in [3.63, 3.8) is 0 Å². The summed E-state index contributed by atoms with van der Waals surface area (Å²) in [6.07, 6.45) is 2.54. The second-order valence-corrected chi connectivity index (χ2v) is 8.46. The van der Waals surface area contributed by atoms with E-state index in [1.165, 1.54) is 12.1 Å². The number of hydrogen-bond acceptors (Lipinski definition) is 2. The highest BCUT2D eigenvalue weighted by Crippen LogP contribution is 2.41. The van der Waals surface area contributed by atoms with E-state index in [4.69, 9.17) is 0 Å². The molecule has 2 aliphatic rings. The summed E-state index contributed by atoms with van der Waals surface area (Å²) in [6.45, 7) is 8.19. The summed E-state index contributed by atoms with van der Waals surface area (Å²) in [4.78, 5) is 29.5. The van der Waals surface area contributed by atoms with E-state index in [2.05, 4.69) is 0 Å². The van der Waals surface area contributed by atoms with Gasteiger partial charge in [-0.1, -0.05) is 32.9 Å². The number of hydrogen-bond donors (Lipinski definition) is 0. The molecule has 1 aromatic carbocycles. The van der Waals surface area contributed by atoms with E-state index >= 15 is 0 Å². The Morgan fingerprint density at radius 3 is 2.48 bits per heavy atom. The van der Waals surface area contributed by atoms with Crippen molar-refractivity contribution in [3.05, 3.63) is 35.6 Å². The first kappa shape index (κ1) is 17.9. The number of likely N-dealkylation sites (tertiary alicyclic amines) is 2. The zero-order valence-electron chi connectivity index (χ0n) is 15.3. The van der Waals surface area contributed by atoms with Crippen LogP contribution in [0.3, 0.4) is 0 Å². The average molecular weight is 346 g/mol. The maximum absolute atomic E-state index is 13.2. The molecule has 0 saturated carbocycles. The Hall–Kier alpha value is -1.91. The molecular weight excluding hydrogens is 319 g/mol. The van der Waals surface area contributed by atoms with E-state index in [9.17, 15) is 14.0 Å². The van der Waals surface area contributed by atoms with Crippen LogP contribution in [0.5, 0.6) is 0 Å². The molecule has 3 rings (SSSR count). The monoisotopic (exact) mass is 346 g/mol. The fraction of sp³-hybridized carbons (Fsp3) is 0.600. The SMILES string of the molecule is CC(C)(C)C(=O)N1CC[C@]2(CCCN(Cc3ccc(F)cc3)C2=O)C1. The number of carbonyl (C=O) groups excluding carboxylic acids is 2. The Morgan fingerprint density at radius 1 is 1.16 bits per heavy atom. The number of rotatable bonds is 2. The van der Waals surface area contributed by atoms with E-state index < -0.39 is 10.8 Å². The van der Waals surface area contributed by atoms with Crippen molar-refractivity contribution in [2.75, 3.05) is 19.6 Å². The molecule has 136 valence electrons. The quantitative estimate of drug-likeness (QED) is 0.825. The second kappa shape index (κ2) is 6.43. The van der Waals surface area contributed by atoms with Crippen LogP contribution in [0.4, 0.5) is 4.39 Å². The number of carbonyl (C=O) groups is 2. The van der Waals surface area contributed by atoms with Crippen molar-refractivity contribution in [2.45, 2.75) is 46.6 Å². The molecule has 0 bridgehead atoms. The van der Waals surface area contributed by atoms with Gasteiger partial charge in [-0.15, -0.1) is 0 Å². The Morgan fingerprint density at radius 2 is 1.84 bits per heavy atom. The molecule has 2 fully saturated rings. The summed E-state index contributed by atoms with van der Waals surface area (Å²) < 4.78 is 13.1. The predicted molar refractivity (Wildman–Crippen MR) is 94.1 cm³/mol. The van der Waals surface area contributed by atoms with E-state index in [1.54, 1.807) is 12.1 Å². The Labute approximate surface area is 149 Å². The van der Waals surface area contributed by atoms with Gasteiger partial charge in [-0.05, 0) is 37.0 Å². The smallest absolute Gasteiger partial charge is 0.230 e. The van der Waals surface area contributed by atoms with E-state index in [1.807, 2.05) is 30.6 Å². The van der Waals surface area contributed by atoms with Gasteiger partial charge in [0.15, 0.2) is 0 Å². The molecule has 0 radical (unpaired) electrons. The molecule has 1 atom stereocenters. The van der Waals surface area contributed by atoms with Crippen molar-refractivity contribution in [1.29, 1.82) is 0 Å². The molecule has 2 saturated heterocycles. The van der Waals surface area contributed by atoms with Crippen molar-refractivity contribution in [2.24, 2.45) is 10.8 Å². The number of piperidine rings is 1. The molecule has 25 heavy (non-hydrogen) atoms. The molecule has 4 nitrogen and oxygen atoms in total. The molecule has 1 spiro atoms. The second-order valence-electron chi connectivity index (χ2n) is 8.46. The Bertz CT molecular complexity index is 665. The van der Waals surface area contributed by atoms with Gasteiger partial charge < -0.3 is 9.80 Å². The predicted octanol–water partition coefficient (Wildman–Crippen LogP) is 3.21. The fourth-order valence-electron chi connectivity index (χ4n) is 4.01. The van der Waals surface area contributed by atoms with Crippen molar-refractivity contribution >= 4 is 11.8 Å². The lowest BCUT2D eigenvalue weighted by atomic mass is 9.78. The van der Waals surface area contributed by atoms with Crippen molar-refractivity contribution in [3.8, 4) is 0 Å². The zero-order chi connectivity index (χ0) is 18.2. The van der Waals surface area contributed by atoms with E-state index in [-0.39, 0.29) is 17.6 Å². The van der Waals surface area contributed by atoms with Gasteiger partial charge in [-0.3, -0.25) is 9.59 Å². The van der Waals surface area contributed by atoms with Gasteiger partial charge in [0, 0.05) is 31.6 Å². The average Bonchev–Trinajstić information content (AvgIpc) is 2.97. The van der Waals surface area contributed by atoms with Gasteiger partial charge in [-0.2, -0.15) is 0 Å². The highest BCUT2D eigenvalue weighted by molar-refractivity contribution is 5.87. The van der Waals surface area contributed by atoms with E-state index in [0.29, 0.717) is 19.6 Å². The highest BCUT2D eigenvalue weighted by Gasteiger charge is 2.50. The molecule has 1 aromatic rings. The normalized spacial score (nSPS) is 24.2. The summed E-state index contributed by atoms with van der Waals surface area (Å²) in [6, 6.07) is 6.32. The van der Waals surface area contributed by atoms with Gasteiger partial charge in [0.2, 0.25) is 11.8 Å². The molecular formula is C20H27FN2O2. The van der Waals surface area contributed by atoms with Gasteiger partial charge in [-0.25, -0.2) is 4.39 Å². The van der Waals surface area contributed by atoms with Crippen LogP contribution in [0.1, 0.15) is 45.6 Å². The summed E-state index contributed by atoms with van der Waals surface area (Å²) in [7, 11) is 0. The van der Waals surface area contributed by atoms with Gasteiger partial charge in [0.05, 0.1) is 5.41 Å². The van der Waals surface area contributed by atoms with Crippen LogP contribution in [-0.4, -0.2) is 41.2 Å². The van der Waals surface area contributed by atoms with Crippen LogP contribution < -0.4 is 0 Å². The van der Waals surface area contributed by atoms with Gasteiger partial charge in [0.25, 0.3) is 0 Å². The minimum Gasteiger partial charge on any atom is -0.341 e. The zero-order valence-corrected chi connectivity index (χ0v) is 15.3. The van der Waals surface area contributed by atoms with Crippen LogP contribution in [0.15, 0.2) is 24.3 Å². The lowest BCUT2D eigenvalue weighted by Gasteiger charge is -2.39. The molecule has 0 N–H and O–H groups in total. The summed E-state index contributed by atoms with van der Waals surface area (Å²) in [5, 5.41) is 0. The topological polar surface area (TPSA) is 40.6 Å². The first-order valence-electron chi connectivity index (χ1n) is 9.04. The van der Waals surface area contributed by atoms with Crippen LogP contribution in [0, 0.1) is 16.6 Å². The number of benzene rings is 1.